The summed E-state index contributed by atoms with van der Waals surface area (Å²) in [5, 5.41) is 6.61. The minimum absolute atomic E-state index is 0.0808. The number of aromatic nitrogens is 4. The molecule has 0 bridgehead atoms. The van der Waals surface area contributed by atoms with E-state index in [1.165, 1.54) is 16.7 Å². The van der Waals surface area contributed by atoms with Crippen molar-refractivity contribution in [1.82, 2.24) is 19.9 Å². The lowest BCUT2D eigenvalue weighted by atomic mass is 9.94. The van der Waals surface area contributed by atoms with Gasteiger partial charge < -0.3 is 15.8 Å². The van der Waals surface area contributed by atoms with Gasteiger partial charge in [-0.3, -0.25) is 4.98 Å². The summed E-state index contributed by atoms with van der Waals surface area (Å²) in [6.07, 6.45) is 7.96. The molecule has 170 valence electrons. The number of aryl methyl sites for hydroxylation is 1. The molecule has 5 aromatic rings. The number of nitrogens with one attached hydrogen (secondary N) is 1. The molecule has 0 unspecified atom stereocenters. The van der Waals surface area contributed by atoms with Gasteiger partial charge in [0, 0.05) is 29.2 Å². The molecule has 7 heteroatoms. The van der Waals surface area contributed by atoms with Gasteiger partial charge in [0.05, 0.1) is 29.7 Å². The second-order valence-corrected chi connectivity index (χ2v) is 8.61. The summed E-state index contributed by atoms with van der Waals surface area (Å²) < 4.78 is 5.78. The first-order valence-electron chi connectivity index (χ1n) is 11.2. The molecular weight excluding hydrogens is 424 g/mol. The van der Waals surface area contributed by atoms with Crippen LogP contribution in [0, 0.1) is 6.92 Å². The largest absolute Gasteiger partial charge is 0.489 e. The number of pyridine rings is 2. The van der Waals surface area contributed by atoms with Crippen LogP contribution in [0.5, 0.6) is 5.75 Å². The summed E-state index contributed by atoms with van der Waals surface area (Å²) >= 11 is 0. The number of hydrogen-bond donors (Lipinski definition) is 2. The summed E-state index contributed by atoms with van der Waals surface area (Å²) in [6.45, 7) is 6.13. The van der Waals surface area contributed by atoms with E-state index in [1.54, 1.807) is 18.6 Å². The van der Waals surface area contributed by atoms with Crippen molar-refractivity contribution in [2.24, 2.45) is 0 Å². The number of hydrogen-bond acceptors (Lipinski definition) is 7. The third-order valence-electron chi connectivity index (χ3n) is 5.68. The fraction of sp³-hybridized carbons (Fsp3) is 0.185. The van der Waals surface area contributed by atoms with Gasteiger partial charge in [-0.05, 0) is 67.5 Å². The van der Waals surface area contributed by atoms with Gasteiger partial charge in [-0.2, -0.15) is 0 Å². The maximum absolute atomic E-state index is 5.78. The normalized spacial score (nSPS) is 11.3. The van der Waals surface area contributed by atoms with Crippen LogP contribution < -0.4 is 15.8 Å². The third-order valence-corrected chi connectivity index (χ3v) is 5.68. The molecule has 0 atom stereocenters. The first-order valence-corrected chi connectivity index (χ1v) is 11.2. The lowest BCUT2D eigenvalue weighted by Gasteiger charge is -2.15. The molecule has 0 saturated heterocycles. The lowest BCUT2D eigenvalue weighted by Crippen LogP contribution is -2.06. The number of ether oxygens (including phenoxy) is 1. The molecule has 34 heavy (non-hydrogen) atoms. The summed E-state index contributed by atoms with van der Waals surface area (Å²) in [5.74, 6) is 1.79. The number of nitrogen functional groups attached to an aromatic ring is 1. The van der Waals surface area contributed by atoms with Crippen molar-refractivity contribution in [3.05, 3.63) is 83.9 Å². The zero-order valence-corrected chi connectivity index (χ0v) is 19.4. The van der Waals surface area contributed by atoms with Crippen molar-refractivity contribution < 1.29 is 4.74 Å². The molecule has 0 aliphatic rings. The molecule has 5 rings (SSSR count). The van der Waals surface area contributed by atoms with Gasteiger partial charge in [-0.25, -0.2) is 15.0 Å². The first-order chi connectivity index (χ1) is 16.5. The molecule has 0 fully saturated rings. The highest BCUT2D eigenvalue weighted by Gasteiger charge is 2.11. The van der Waals surface area contributed by atoms with Crippen LogP contribution in [0.25, 0.3) is 21.7 Å². The summed E-state index contributed by atoms with van der Waals surface area (Å²) in [4.78, 5) is 17.3. The van der Waals surface area contributed by atoms with E-state index in [0.717, 1.165) is 45.4 Å². The highest BCUT2D eigenvalue weighted by molar-refractivity contribution is 5.96. The van der Waals surface area contributed by atoms with Gasteiger partial charge in [0.15, 0.2) is 0 Å². The Kier molecular flexibility index (Phi) is 5.67. The number of anilines is 3. The molecule has 0 spiro atoms. The number of benzene rings is 2. The minimum Gasteiger partial charge on any atom is -0.489 e. The van der Waals surface area contributed by atoms with Crippen molar-refractivity contribution in [1.29, 1.82) is 0 Å². The molecule has 0 radical (unpaired) electrons. The predicted molar refractivity (Wildman–Crippen MR) is 137 cm³/mol. The van der Waals surface area contributed by atoms with E-state index in [4.69, 9.17) is 10.5 Å². The van der Waals surface area contributed by atoms with Crippen molar-refractivity contribution in [3.63, 3.8) is 0 Å². The van der Waals surface area contributed by atoms with Gasteiger partial charge in [0.25, 0.3) is 0 Å². The van der Waals surface area contributed by atoms with Crippen molar-refractivity contribution in [2.45, 2.75) is 33.3 Å². The van der Waals surface area contributed by atoms with Crippen molar-refractivity contribution in [2.75, 3.05) is 11.1 Å². The molecule has 3 aromatic heterocycles. The Hall–Kier alpha value is -4.26. The Balaban J connectivity index is 1.50. The fourth-order valence-electron chi connectivity index (χ4n) is 4.13. The lowest BCUT2D eigenvalue weighted by molar-refractivity contribution is 0.241. The monoisotopic (exact) mass is 450 g/mol. The van der Waals surface area contributed by atoms with Crippen LogP contribution >= 0.6 is 0 Å². The number of fused-ring (bicyclic) bond motifs is 2. The number of nitrogens with two attached hydrogens (primary N) is 1. The van der Waals surface area contributed by atoms with E-state index in [2.05, 4.69) is 62.5 Å². The van der Waals surface area contributed by atoms with Gasteiger partial charge in [-0.1, -0.05) is 18.2 Å². The van der Waals surface area contributed by atoms with E-state index < -0.39 is 0 Å². The average Bonchev–Trinajstić information content (AvgIpc) is 2.81. The van der Waals surface area contributed by atoms with Gasteiger partial charge in [0.1, 0.15) is 11.6 Å². The SMILES string of the molecule is Cc1ccc2c(Nc3cncc(OC(C)C)c3)nccc2c1Cc1ccc2nc(N)ncc2c1. The van der Waals surface area contributed by atoms with Crippen LogP contribution in [-0.4, -0.2) is 26.0 Å². The van der Waals surface area contributed by atoms with Gasteiger partial charge in [0.2, 0.25) is 5.95 Å². The Morgan fingerprint density at radius 3 is 2.71 bits per heavy atom. The van der Waals surface area contributed by atoms with Crippen LogP contribution in [0.3, 0.4) is 0 Å². The fourth-order valence-corrected chi connectivity index (χ4v) is 4.13. The van der Waals surface area contributed by atoms with Crippen LogP contribution in [0.15, 0.2) is 67.3 Å². The zero-order chi connectivity index (χ0) is 23.7. The molecule has 0 aliphatic heterocycles. The van der Waals surface area contributed by atoms with Gasteiger partial charge >= 0.3 is 0 Å². The van der Waals surface area contributed by atoms with Gasteiger partial charge in [-0.15, -0.1) is 0 Å². The second-order valence-electron chi connectivity index (χ2n) is 8.61. The maximum Gasteiger partial charge on any atom is 0.220 e. The quantitative estimate of drug-likeness (QED) is 0.348. The molecular formula is C27H26N6O. The summed E-state index contributed by atoms with van der Waals surface area (Å²) in [5.41, 5.74) is 11.1. The Bertz CT molecular complexity index is 1500. The van der Waals surface area contributed by atoms with Crippen molar-refractivity contribution >= 4 is 39.1 Å². The molecule has 2 aromatic carbocycles. The average molecular weight is 451 g/mol. The van der Waals surface area contributed by atoms with E-state index in [1.807, 2.05) is 32.2 Å². The summed E-state index contributed by atoms with van der Waals surface area (Å²) in [6, 6.07) is 14.5. The molecule has 3 N–H and O–H groups in total. The van der Waals surface area contributed by atoms with E-state index in [0.29, 0.717) is 0 Å². The van der Waals surface area contributed by atoms with Crippen LogP contribution in [0.1, 0.15) is 30.5 Å². The molecule has 3 heterocycles. The number of nitrogens with zero attached hydrogens (tertiary/aromatic N) is 4. The topological polar surface area (TPSA) is 98.8 Å². The molecule has 0 amide bonds. The van der Waals surface area contributed by atoms with E-state index in [9.17, 15) is 0 Å². The summed E-state index contributed by atoms with van der Waals surface area (Å²) in [7, 11) is 0. The highest BCUT2D eigenvalue weighted by Crippen LogP contribution is 2.31. The Morgan fingerprint density at radius 2 is 1.85 bits per heavy atom. The van der Waals surface area contributed by atoms with Crippen molar-refractivity contribution in [3.8, 4) is 5.75 Å². The zero-order valence-electron chi connectivity index (χ0n) is 19.4. The predicted octanol–water partition coefficient (Wildman–Crippen LogP) is 5.59. The van der Waals surface area contributed by atoms with Crippen LogP contribution in [0.4, 0.5) is 17.5 Å². The molecule has 0 aliphatic carbocycles. The smallest absolute Gasteiger partial charge is 0.220 e. The molecule has 0 saturated carbocycles. The third kappa shape index (κ3) is 4.45. The molecule has 7 nitrogen and oxygen atoms in total. The van der Waals surface area contributed by atoms with Crippen LogP contribution in [0.2, 0.25) is 0 Å². The van der Waals surface area contributed by atoms with E-state index >= 15 is 0 Å². The number of rotatable bonds is 6. The minimum atomic E-state index is 0.0808. The highest BCUT2D eigenvalue weighted by atomic mass is 16.5. The Labute approximate surface area is 198 Å². The standard InChI is InChI=1S/C27H26N6O/c1-16(2)34-21-12-20(14-29-15-21)32-26-23-6-4-17(3)24(22(23)8-9-30-26)11-18-5-7-25-19(10-18)13-31-27(28)33-25/h4-10,12-16H,11H2,1-3H3,(H,30,32)(H2,28,31,33). The second kappa shape index (κ2) is 8.94. The van der Waals surface area contributed by atoms with Crippen LogP contribution in [-0.2, 0) is 6.42 Å². The maximum atomic E-state index is 5.78. The van der Waals surface area contributed by atoms with E-state index in [-0.39, 0.29) is 12.1 Å². The Morgan fingerprint density at radius 1 is 0.971 bits per heavy atom. The first kappa shape index (κ1) is 21.6.